The van der Waals surface area contributed by atoms with E-state index in [1.165, 1.54) is 25.9 Å². The van der Waals surface area contributed by atoms with Crippen LogP contribution in [0.4, 0.5) is 4.39 Å². The maximum Gasteiger partial charge on any atom is 0.126 e. The van der Waals surface area contributed by atoms with E-state index in [1.807, 2.05) is 0 Å². The van der Waals surface area contributed by atoms with Crippen molar-refractivity contribution >= 4 is 0 Å². The zero-order valence-corrected chi connectivity index (χ0v) is 15.7. The van der Waals surface area contributed by atoms with E-state index >= 15 is 0 Å². The number of nitrogens with zero attached hydrogens (tertiary/aromatic N) is 1. The molecule has 146 valence electrons. The predicted octanol–water partition coefficient (Wildman–Crippen LogP) is 3.17. The fourth-order valence-electron chi connectivity index (χ4n) is 5.03. The number of rotatable bonds is 7. The lowest BCUT2D eigenvalue weighted by atomic mass is 9.74. The number of aliphatic hydroxyl groups excluding tert-OH is 1. The van der Waals surface area contributed by atoms with Crippen molar-refractivity contribution in [3.05, 3.63) is 0 Å². The molecule has 1 saturated heterocycles. The summed E-state index contributed by atoms with van der Waals surface area (Å²) in [6.45, 7) is 4.35. The van der Waals surface area contributed by atoms with Crippen LogP contribution in [0.15, 0.2) is 0 Å². The summed E-state index contributed by atoms with van der Waals surface area (Å²) in [6.07, 6.45) is 7.60. The van der Waals surface area contributed by atoms with E-state index < -0.39 is 6.17 Å². The summed E-state index contributed by atoms with van der Waals surface area (Å²) in [5.74, 6) is 0.411. The van der Waals surface area contributed by atoms with Gasteiger partial charge in [0, 0.05) is 13.7 Å². The van der Waals surface area contributed by atoms with Crippen LogP contribution >= 0.6 is 0 Å². The van der Waals surface area contributed by atoms with Crippen LogP contribution in [0.3, 0.4) is 0 Å². The first-order valence-corrected chi connectivity index (χ1v) is 10.4. The molecule has 4 nitrogen and oxygen atoms in total. The third-order valence-corrected chi connectivity index (χ3v) is 6.70. The maximum absolute atomic E-state index is 14.1. The molecule has 0 radical (unpaired) electrons. The second kappa shape index (κ2) is 9.63. The molecule has 1 aliphatic heterocycles. The molecule has 4 atom stereocenters. The molecule has 5 heteroatoms. The number of halogens is 1. The van der Waals surface area contributed by atoms with Gasteiger partial charge < -0.3 is 19.5 Å². The van der Waals surface area contributed by atoms with E-state index in [-0.39, 0.29) is 18.1 Å². The highest BCUT2D eigenvalue weighted by molar-refractivity contribution is 4.88. The Balaban J connectivity index is 1.34. The monoisotopic (exact) mass is 357 g/mol. The van der Waals surface area contributed by atoms with Crippen molar-refractivity contribution in [2.45, 2.75) is 82.3 Å². The highest BCUT2D eigenvalue weighted by atomic mass is 19.1. The summed E-state index contributed by atoms with van der Waals surface area (Å²) in [7, 11) is 1.58. The number of ether oxygens (including phenoxy) is 2. The Labute approximate surface area is 152 Å². The van der Waals surface area contributed by atoms with Gasteiger partial charge in [-0.2, -0.15) is 0 Å². The molecular weight excluding hydrogens is 321 g/mol. The van der Waals surface area contributed by atoms with Crippen molar-refractivity contribution in [1.82, 2.24) is 4.90 Å². The first-order valence-electron chi connectivity index (χ1n) is 10.4. The van der Waals surface area contributed by atoms with Crippen LogP contribution in [0.1, 0.15) is 57.8 Å². The van der Waals surface area contributed by atoms with Gasteiger partial charge in [-0.15, -0.1) is 0 Å². The lowest BCUT2D eigenvalue weighted by Crippen LogP contribution is -2.41. The second-order valence-electron chi connectivity index (χ2n) is 8.31. The zero-order chi connectivity index (χ0) is 17.6. The average Bonchev–Trinajstić information content (AvgIpc) is 3.15. The topological polar surface area (TPSA) is 41.9 Å². The maximum atomic E-state index is 14.1. The molecule has 3 fully saturated rings. The number of aliphatic hydroxyl groups is 1. The third kappa shape index (κ3) is 5.38. The standard InChI is InChI=1S/C20H36FNO3/c1-24-19-9-6-16(14-18(19)21)20(23)15-4-7-17(8-5-15)25-13-12-22-10-2-3-11-22/h15-20,23H,2-14H2,1H3. The van der Waals surface area contributed by atoms with Crippen LogP contribution in [-0.4, -0.2) is 67.8 Å². The largest absolute Gasteiger partial charge is 0.393 e. The molecule has 1 N–H and O–H groups in total. The Hall–Kier alpha value is -0.230. The van der Waals surface area contributed by atoms with Crippen LogP contribution in [0.5, 0.6) is 0 Å². The highest BCUT2D eigenvalue weighted by Gasteiger charge is 2.38. The summed E-state index contributed by atoms with van der Waals surface area (Å²) in [4.78, 5) is 2.49. The highest BCUT2D eigenvalue weighted by Crippen LogP contribution is 2.37. The smallest absolute Gasteiger partial charge is 0.126 e. The summed E-state index contributed by atoms with van der Waals surface area (Å²) in [5.41, 5.74) is 0. The summed E-state index contributed by atoms with van der Waals surface area (Å²) in [6, 6.07) is 0. The van der Waals surface area contributed by atoms with E-state index in [4.69, 9.17) is 9.47 Å². The van der Waals surface area contributed by atoms with Crippen molar-refractivity contribution in [1.29, 1.82) is 0 Å². The zero-order valence-electron chi connectivity index (χ0n) is 15.7. The molecule has 0 bridgehead atoms. The van der Waals surface area contributed by atoms with E-state index in [2.05, 4.69) is 4.90 Å². The number of hydrogen-bond donors (Lipinski definition) is 1. The molecule has 3 rings (SSSR count). The van der Waals surface area contributed by atoms with Crippen molar-refractivity contribution in [3.63, 3.8) is 0 Å². The Kier molecular flexibility index (Phi) is 7.52. The second-order valence-corrected chi connectivity index (χ2v) is 8.31. The SMILES string of the molecule is COC1CCC(C(O)C2CCC(OCCN3CCCC3)CC2)CC1F. The average molecular weight is 358 g/mol. The fraction of sp³-hybridized carbons (Fsp3) is 1.00. The van der Waals surface area contributed by atoms with Crippen LogP contribution < -0.4 is 0 Å². The number of methoxy groups -OCH3 is 1. The lowest BCUT2D eigenvalue weighted by molar-refractivity contribution is -0.0614. The van der Waals surface area contributed by atoms with Gasteiger partial charge in [0.2, 0.25) is 0 Å². The van der Waals surface area contributed by atoms with Gasteiger partial charge in [-0.05, 0) is 82.7 Å². The first-order chi connectivity index (χ1) is 12.2. The molecule has 1 heterocycles. The molecule has 4 unspecified atom stereocenters. The molecule has 0 aromatic carbocycles. The molecule has 25 heavy (non-hydrogen) atoms. The molecule has 0 amide bonds. The van der Waals surface area contributed by atoms with E-state index in [0.717, 1.165) is 51.7 Å². The van der Waals surface area contributed by atoms with Crippen LogP contribution in [0, 0.1) is 11.8 Å². The molecule has 0 aromatic rings. The van der Waals surface area contributed by atoms with Gasteiger partial charge in [-0.1, -0.05) is 0 Å². The van der Waals surface area contributed by atoms with E-state index in [0.29, 0.717) is 18.4 Å². The van der Waals surface area contributed by atoms with Crippen molar-refractivity contribution in [2.75, 3.05) is 33.4 Å². The summed E-state index contributed by atoms with van der Waals surface area (Å²) >= 11 is 0. The van der Waals surface area contributed by atoms with Gasteiger partial charge in [0.05, 0.1) is 24.9 Å². The van der Waals surface area contributed by atoms with Crippen molar-refractivity contribution < 1.29 is 19.0 Å². The van der Waals surface area contributed by atoms with Crippen LogP contribution in [0.2, 0.25) is 0 Å². The summed E-state index contributed by atoms with van der Waals surface area (Å²) < 4.78 is 25.3. The molecule has 3 aliphatic rings. The minimum absolute atomic E-state index is 0.0963. The van der Waals surface area contributed by atoms with E-state index in [1.54, 1.807) is 7.11 Å². The number of likely N-dealkylation sites (tertiary alicyclic amines) is 1. The Morgan fingerprint density at radius 3 is 2.36 bits per heavy atom. The van der Waals surface area contributed by atoms with E-state index in [9.17, 15) is 9.50 Å². The van der Waals surface area contributed by atoms with Gasteiger partial charge in [0.1, 0.15) is 6.17 Å². The van der Waals surface area contributed by atoms with Gasteiger partial charge in [0.15, 0.2) is 0 Å². The molecular formula is C20H36FNO3. The number of hydrogen-bond acceptors (Lipinski definition) is 4. The van der Waals surface area contributed by atoms with Crippen molar-refractivity contribution in [2.24, 2.45) is 11.8 Å². The normalized spacial score (nSPS) is 38.8. The Morgan fingerprint density at radius 2 is 1.72 bits per heavy atom. The molecule has 2 saturated carbocycles. The van der Waals surface area contributed by atoms with Gasteiger partial charge >= 0.3 is 0 Å². The van der Waals surface area contributed by atoms with Gasteiger partial charge in [0.25, 0.3) is 0 Å². The van der Waals surface area contributed by atoms with Crippen LogP contribution in [-0.2, 0) is 9.47 Å². The summed E-state index contributed by atoms with van der Waals surface area (Å²) in [5, 5.41) is 10.7. The first kappa shape index (κ1) is 19.5. The lowest BCUT2D eigenvalue weighted by Gasteiger charge is -2.39. The van der Waals surface area contributed by atoms with Gasteiger partial charge in [-0.3, -0.25) is 0 Å². The fourth-order valence-corrected chi connectivity index (χ4v) is 5.03. The van der Waals surface area contributed by atoms with Gasteiger partial charge in [-0.25, -0.2) is 4.39 Å². The van der Waals surface area contributed by atoms with Crippen molar-refractivity contribution in [3.8, 4) is 0 Å². The Morgan fingerprint density at radius 1 is 1.04 bits per heavy atom. The predicted molar refractivity (Wildman–Crippen MR) is 96.4 cm³/mol. The Bertz CT molecular complexity index is 383. The molecule has 0 aromatic heterocycles. The number of alkyl halides is 1. The molecule has 0 spiro atoms. The quantitative estimate of drug-likeness (QED) is 0.760. The van der Waals surface area contributed by atoms with Crippen LogP contribution in [0.25, 0.3) is 0 Å². The minimum atomic E-state index is -0.927. The molecule has 2 aliphatic carbocycles. The third-order valence-electron chi connectivity index (χ3n) is 6.70. The minimum Gasteiger partial charge on any atom is -0.393 e.